The SMILES string of the molecule is CCN1CCN(c2ccc3nc(-c4n[nH]c5cc(OC)c(OC)cc45)n(C)c3c2)CC1. The zero-order valence-electron chi connectivity index (χ0n) is 18.5. The molecular weight excluding hydrogens is 392 g/mol. The van der Waals surface area contributed by atoms with Gasteiger partial charge < -0.3 is 23.8 Å². The molecule has 0 aliphatic carbocycles. The zero-order chi connectivity index (χ0) is 21.5. The molecule has 8 heteroatoms. The van der Waals surface area contributed by atoms with Crippen molar-refractivity contribution in [3.63, 3.8) is 0 Å². The van der Waals surface area contributed by atoms with E-state index in [1.165, 1.54) is 5.69 Å². The van der Waals surface area contributed by atoms with E-state index >= 15 is 0 Å². The summed E-state index contributed by atoms with van der Waals surface area (Å²) in [6.07, 6.45) is 0. The van der Waals surface area contributed by atoms with Crippen molar-refractivity contribution in [1.82, 2.24) is 24.6 Å². The van der Waals surface area contributed by atoms with Crippen molar-refractivity contribution in [2.75, 3.05) is 51.8 Å². The normalized spacial score (nSPS) is 15.2. The molecule has 0 radical (unpaired) electrons. The molecule has 5 rings (SSSR count). The Kier molecular flexibility index (Phi) is 4.94. The highest BCUT2D eigenvalue weighted by atomic mass is 16.5. The molecule has 1 N–H and O–H groups in total. The number of hydrogen-bond donors (Lipinski definition) is 1. The number of rotatable bonds is 5. The Hall–Kier alpha value is -3.26. The predicted molar refractivity (Wildman–Crippen MR) is 123 cm³/mol. The molecule has 0 spiro atoms. The van der Waals surface area contributed by atoms with Gasteiger partial charge in [0.15, 0.2) is 17.3 Å². The molecule has 4 aromatic rings. The van der Waals surface area contributed by atoms with Gasteiger partial charge in [0.2, 0.25) is 0 Å². The second kappa shape index (κ2) is 7.77. The molecule has 0 unspecified atom stereocenters. The van der Waals surface area contributed by atoms with Gasteiger partial charge in [0.25, 0.3) is 0 Å². The number of piperazine rings is 1. The van der Waals surface area contributed by atoms with Gasteiger partial charge >= 0.3 is 0 Å². The molecule has 0 saturated carbocycles. The Morgan fingerprint density at radius 3 is 2.45 bits per heavy atom. The van der Waals surface area contributed by atoms with E-state index in [0.29, 0.717) is 11.5 Å². The Morgan fingerprint density at radius 2 is 1.74 bits per heavy atom. The summed E-state index contributed by atoms with van der Waals surface area (Å²) in [5.41, 5.74) is 4.99. The number of aryl methyl sites for hydroxylation is 1. The molecule has 0 amide bonds. The molecule has 0 bridgehead atoms. The standard InChI is InChI=1S/C23H28N6O2/c1-5-28-8-10-29(11-9-28)15-6-7-17-19(12-15)27(2)23(24-17)22-16-13-20(30-3)21(31-4)14-18(16)25-26-22/h6-7,12-14H,5,8-11H2,1-4H3,(H,25,26). The fourth-order valence-electron chi connectivity index (χ4n) is 4.42. The number of imidazole rings is 1. The number of anilines is 1. The van der Waals surface area contributed by atoms with Crippen molar-refractivity contribution < 1.29 is 9.47 Å². The fourth-order valence-corrected chi connectivity index (χ4v) is 4.42. The average Bonchev–Trinajstić information content (AvgIpc) is 3.37. The summed E-state index contributed by atoms with van der Waals surface area (Å²) in [6.45, 7) is 7.66. The molecule has 0 atom stereocenters. The van der Waals surface area contributed by atoms with E-state index in [9.17, 15) is 0 Å². The van der Waals surface area contributed by atoms with E-state index in [4.69, 9.17) is 14.5 Å². The van der Waals surface area contributed by atoms with E-state index in [1.807, 2.05) is 19.2 Å². The maximum Gasteiger partial charge on any atom is 0.162 e. The summed E-state index contributed by atoms with van der Waals surface area (Å²) in [5.74, 6) is 2.16. The molecule has 2 aromatic heterocycles. The number of nitrogens with zero attached hydrogens (tertiary/aromatic N) is 5. The predicted octanol–water partition coefficient (Wildman–Crippen LogP) is 3.28. The highest BCUT2D eigenvalue weighted by Gasteiger charge is 2.20. The minimum atomic E-state index is 0.669. The van der Waals surface area contributed by atoms with Crippen molar-refractivity contribution in [1.29, 1.82) is 0 Å². The van der Waals surface area contributed by atoms with Gasteiger partial charge in [-0.2, -0.15) is 5.10 Å². The van der Waals surface area contributed by atoms with Crippen LogP contribution in [0.5, 0.6) is 11.5 Å². The summed E-state index contributed by atoms with van der Waals surface area (Å²) in [7, 11) is 5.32. The van der Waals surface area contributed by atoms with Gasteiger partial charge in [0, 0.05) is 50.4 Å². The van der Waals surface area contributed by atoms with Gasteiger partial charge in [-0.05, 0) is 30.8 Å². The van der Waals surface area contributed by atoms with Crippen LogP contribution in [0.15, 0.2) is 30.3 Å². The molecule has 162 valence electrons. The third-order valence-corrected chi connectivity index (χ3v) is 6.33. The number of ether oxygens (including phenoxy) is 2. The lowest BCUT2D eigenvalue weighted by Crippen LogP contribution is -2.46. The minimum Gasteiger partial charge on any atom is -0.493 e. The number of nitrogens with one attached hydrogen (secondary N) is 1. The first-order valence-corrected chi connectivity index (χ1v) is 10.7. The quantitative estimate of drug-likeness (QED) is 0.534. The van der Waals surface area contributed by atoms with Crippen LogP contribution < -0.4 is 14.4 Å². The van der Waals surface area contributed by atoms with Crippen LogP contribution in [0.1, 0.15) is 6.92 Å². The van der Waals surface area contributed by atoms with Crippen molar-refractivity contribution in [2.45, 2.75) is 6.92 Å². The third kappa shape index (κ3) is 3.27. The van der Waals surface area contributed by atoms with Gasteiger partial charge in [-0.1, -0.05) is 6.92 Å². The molecule has 1 aliphatic heterocycles. The summed E-state index contributed by atoms with van der Waals surface area (Å²) in [5, 5.41) is 8.62. The van der Waals surface area contributed by atoms with Gasteiger partial charge in [0.05, 0.1) is 30.8 Å². The highest BCUT2D eigenvalue weighted by Crippen LogP contribution is 2.36. The van der Waals surface area contributed by atoms with E-state index < -0.39 is 0 Å². The summed E-state index contributed by atoms with van der Waals surface area (Å²) >= 11 is 0. The number of aromatic amines is 1. The summed E-state index contributed by atoms with van der Waals surface area (Å²) in [4.78, 5) is 9.84. The summed E-state index contributed by atoms with van der Waals surface area (Å²) in [6, 6.07) is 10.4. The first-order chi connectivity index (χ1) is 15.1. The largest absolute Gasteiger partial charge is 0.493 e. The molecule has 1 fully saturated rings. The summed E-state index contributed by atoms with van der Waals surface area (Å²) < 4.78 is 13.0. The maximum absolute atomic E-state index is 5.49. The first-order valence-electron chi connectivity index (χ1n) is 10.7. The Bertz CT molecular complexity index is 1240. The number of H-pyrrole nitrogens is 1. The second-order valence-corrected chi connectivity index (χ2v) is 7.91. The number of methoxy groups -OCH3 is 2. The lowest BCUT2D eigenvalue weighted by Gasteiger charge is -2.35. The molecule has 31 heavy (non-hydrogen) atoms. The minimum absolute atomic E-state index is 0.669. The Labute approximate surface area is 181 Å². The van der Waals surface area contributed by atoms with Gasteiger partial charge in [-0.15, -0.1) is 0 Å². The van der Waals surface area contributed by atoms with E-state index in [1.54, 1.807) is 14.2 Å². The van der Waals surface area contributed by atoms with Crippen LogP contribution in [0.25, 0.3) is 33.5 Å². The van der Waals surface area contributed by atoms with E-state index in [0.717, 1.165) is 66.2 Å². The maximum atomic E-state index is 5.49. The first kappa shape index (κ1) is 19.7. The lowest BCUT2D eigenvalue weighted by atomic mass is 10.2. The van der Waals surface area contributed by atoms with Crippen molar-refractivity contribution in [3.05, 3.63) is 30.3 Å². The number of hydrogen-bond acceptors (Lipinski definition) is 6. The van der Waals surface area contributed by atoms with Crippen LogP contribution in [-0.2, 0) is 7.05 Å². The molecular formula is C23H28N6O2. The van der Waals surface area contributed by atoms with Crippen LogP contribution in [-0.4, -0.2) is 71.6 Å². The lowest BCUT2D eigenvalue weighted by molar-refractivity contribution is 0.271. The van der Waals surface area contributed by atoms with Crippen molar-refractivity contribution in [2.24, 2.45) is 7.05 Å². The Balaban J connectivity index is 1.55. The van der Waals surface area contributed by atoms with Crippen LogP contribution in [0.3, 0.4) is 0 Å². The smallest absolute Gasteiger partial charge is 0.162 e. The number of fused-ring (bicyclic) bond motifs is 2. The van der Waals surface area contributed by atoms with E-state index in [-0.39, 0.29) is 0 Å². The third-order valence-electron chi connectivity index (χ3n) is 6.33. The monoisotopic (exact) mass is 420 g/mol. The van der Waals surface area contributed by atoms with Crippen LogP contribution in [0.2, 0.25) is 0 Å². The van der Waals surface area contributed by atoms with Crippen LogP contribution in [0.4, 0.5) is 5.69 Å². The molecule has 1 saturated heterocycles. The zero-order valence-corrected chi connectivity index (χ0v) is 18.5. The molecule has 3 heterocycles. The van der Waals surface area contributed by atoms with Crippen LogP contribution >= 0.6 is 0 Å². The number of benzene rings is 2. The fraction of sp³-hybridized carbons (Fsp3) is 0.391. The molecule has 1 aliphatic rings. The topological polar surface area (TPSA) is 71.4 Å². The number of likely N-dealkylation sites (N-methyl/N-ethyl adjacent to an activating group) is 1. The van der Waals surface area contributed by atoms with Crippen molar-refractivity contribution >= 4 is 27.6 Å². The molecule has 8 nitrogen and oxygen atoms in total. The molecule has 2 aromatic carbocycles. The van der Waals surface area contributed by atoms with Crippen molar-refractivity contribution in [3.8, 4) is 23.0 Å². The van der Waals surface area contributed by atoms with Gasteiger partial charge in [0.1, 0.15) is 5.69 Å². The highest BCUT2D eigenvalue weighted by molar-refractivity contribution is 5.95. The van der Waals surface area contributed by atoms with E-state index in [2.05, 4.69) is 49.7 Å². The van der Waals surface area contributed by atoms with Gasteiger partial charge in [-0.25, -0.2) is 4.98 Å². The van der Waals surface area contributed by atoms with Crippen LogP contribution in [0, 0.1) is 0 Å². The Morgan fingerprint density at radius 1 is 1.00 bits per heavy atom. The number of aromatic nitrogens is 4. The second-order valence-electron chi connectivity index (χ2n) is 7.91. The van der Waals surface area contributed by atoms with Gasteiger partial charge in [-0.3, -0.25) is 5.10 Å². The average molecular weight is 421 g/mol.